The minimum Gasteiger partial charge on any atom is -0.459 e. The molecule has 1 saturated carbocycles. The van der Waals surface area contributed by atoms with Gasteiger partial charge in [0.1, 0.15) is 0 Å². The zero-order valence-electron chi connectivity index (χ0n) is 17.9. The van der Waals surface area contributed by atoms with Crippen molar-refractivity contribution in [3.8, 4) is 0 Å². The van der Waals surface area contributed by atoms with E-state index in [0.717, 1.165) is 36.8 Å². The fourth-order valence-electron chi connectivity index (χ4n) is 3.94. The van der Waals surface area contributed by atoms with Gasteiger partial charge in [0.25, 0.3) is 5.91 Å². The summed E-state index contributed by atoms with van der Waals surface area (Å²) in [5, 5.41) is 9.69. The van der Waals surface area contributed by atoms with Crippen molar-refractivity contribution in [2.24, 2.45) is 10.4 Å². The monoisotopic (exact) mass is 412 g/mol. The summed E-state index contributed by atoms with van der Waals surface area (Å²) in [4.78, 5) is 16.4. The molecule has 3 N–H and O–H groups in total. The van der Waals surface area contributed by atoms with Crippen LogP contribution in [0.4, 0.5) is 5.69 Å². The minimum atomic E-state index is -0.259. The summed E-state index contributed by atoms with van der Waals surface area (Å²) in [6.45, 7) is 2.36. The highest BCUT2D eigenvalue weighted by Crippen LogP contribution is 2.40. The Morgan fingerprint density at radius 2 is 1.93 bits per heavy atom. The highest BCUT2D eigenvalue weighted by atomic mass is 16.5. The largest absolute Gasteiger partial charge is 0.459 e. The highest BCUT2D eigenvalue weighted by molar-refractivity contribution is 6.02. The third kappa shape index (κ3) is 6.10. The van der Waals surface area contributed by atoms with E-state index in [2.05, 4.69) is 20.9 Å². The Balaban J connectivity index is 1.47. The fraction of sp³-hybridized carbons (Fsp3) is 0.478. The number of rotatable bonds is 9. The van der Waals surface area contributed by atoms with Crippen molar-refractivity contribution < 1.29 is 13.9 Å². The second kappa shape index (κ2) is 10.8. The molecule has 0 aliphatic heterocycles. The van der Waals surface area contributed by atoms with E-state index in [-0.39, 0.29) is 5.91 Å². The number of anilines is 1. The number of carbonyl (C=O) groups excluding carboxylic acids is 1. The van der Waals surface area contributed by atoms with Gasteiger partial charge in [-0.3, -0.25) is 9.79 Å². The van der Waals surface area contributed by atoms with Crippen molar-refractivity contribution in [1.29, 1.82) is 0 Å². The lowest BCUT2D eigenvalue weighted by molar-refractivity contribution is 0.0996. The molecule has 7 heteroatoms. The number of carbonyl (C=O) groups is 1. The Hall–Kier alpha value is -2.80. The topological polar surface area (TPSA) is 87.9 Å². The van der Waals surface area contributed by atoms with Gasteiger partial charge in [0.05, 0.1) is 6.26 Å². The number of hydrogen-bond acceptors (Lipinski definition) is 4. The normalized spacial score (nSPS) is 15.7. The zero-order valence-corrected chi connectivity index (χ0v) is 17.9. The van der Waals surface area contributed by atoms with E-state index in [1.807, 2.05) is 24.3 Å². The molecule has 1 aliphatic rings. The lowest BCUT2D eigenvalue weighted by atomic mass is 9.83. The molecule has 162 valence electrons. The summed E-state index contributed by atoms with van der Waals surface area (Å²) in [5.74, 6) is 0.833. The van der Waals surface area contributed by atoms with Crippen molar-refractivity contribution in [3.05, 3.63) is 54.0 Å². The van der Waals surface area contributed by atoms with Crippen LogP contribution in [0.15, 0.2) is 52.1 Å². The fourth-order valence-corrected chi connectivity index (χ4v) is 3.94. The number of ether oxygens (including phenoxy) is 1. The third-order valence-electron chi connectivity index (χ3n) is 5.77. The molecule has 2 aromatic rings. The maximum atomic E-state index is 12.0. The number of aliphatic imine (C=N–C) groups is 1. The second-order valence-corrected chi connectivity index (χ2v) is 7.86. The third-order valence-corrected chi connectivity index (χ3v) is 5.77. The summed E-state index contributed by atoms with van der Waals surface area (Å²) in [6, 6.07) is 11.1. The van der Waals surface area contributed by atoms with Crippen LogP contribution in [-0.4, -0.2) is 39.2 Å². The van der Waals surface area contributed by atoms with Crippen molar-refractivity contribution in [1.82, 2.24) is 10.6 Å². The molecule has 0 bridgehead atoms. The van der Waals surface area contributed by atoms with Gasteiger partial charge >= 0.3 is 0 Å². The average Bonchev–Trinajstić information content (AvgIpc) is 3.46. The van der Waals surface area contributed by atoms with Crippen LogP contribution in [0.25, 0.3) is 0 Å². The Bertz CT molecular complexity index is 809. The number of amides is 1. The van der Waals surface area contributed by atoms with Crippen LogP contribution in [0.1, 0.15) is 48.2 Å². The molecular weight excluding hydrogens is 380 g/mol. The molecular formula is C23H32N4O3. The van der Waals surface area contributed by atoms with E-state index in [4.69, 9.17) is 9.15 Å². The SMILES string of the molecule is CN=C(NCc1ccc(NC(=O)c2ccco2)cc1)NCC1(CCOC)CCCC1. The van der Waals surface area contributed by atoms with Gasteiger partial charge in [0.15, 0.2) is 11.7 Å². The summed E-state index contributed by atoms with van der Waals surface area (Å²) >= 11 is 0. The number of methoxy groups -OCH3 is 1. The molecule has 30 heavy (non-hydrogen) atoms. The van der Waals surface area contributed by atoms with Gasteiger partial charge < -0.3 is 25.1 Å². The number of nitrogens with zero attached hydrogens (tertiary/aromatic N) is 1. The summed E-state index contributed by atoms with van der Waals surface area (Å²) < 4.78 is 10.4. The van der Waals surface area contributed by atoms with Crippen LogP contribution in [0, 0.1) is 5.41 Å². The van der Waals surface area contributed by atoms with E-state index in [9.17, 15) is 4.79 Å². The molecule has 1 aliphatic carbocycles. The Morgan fingerprint density at radius 1 is 1.17 bits per heavy atom. The number of hydrogen-bond donors (Lipinski definition) is 3. The molecule has 7 nitrogen and oxygen atoms in total. The maximum Gasteiger partial charge on any atom is 0.291 e. The van der Waals surface area contributed by atoms with Crippen molar-refractivity contribution in [2.45, 2.75) is 38.6 Å². The lowest BCUT2D eigenvalue weighted by Crippen LogP contribution is -2.43. The van der Waals surface area contributed by atoms with Gasteiger partial charge in [0, 0.05) is 39.5 Å². The van der Waals surface area contributed by atoms with Gasteiger partial charge in [-0.1, -0.05) is 25.0 Å². The molecule has 0 unspecified atom stereocenters. The van der Waals surface area contributed by atoms with Crippen molar-refractivity contribution >= 4 is 17.6 Å². The van der Waals surface area contributed by atoms with Crippen LogP contribution < -0.4 is 16.0 Å². The van der Waals surface area contributed by atoms with Crippen molar-refractivity contribution in [2.75, 3.05) is 32.6 Å². The summed E-state index contributed by atoms with van der Waals surface area (Å²) in [6.07, 6.45) is 7.63. The molecule has 3 rings (SSSR count). The number of nitrogens with one attached hydrogen (secondary N) is 3. The number of benzene rings is 1. The lowest BCUT2D eigenvalue weighted by Gasteiger charge is -2.30. The predicted octanol–water partition coefficient (Wildman–Crippen LogP) is 3.79. The first-order chi connectivity index (χ1) is 14.6. The van der Waals surface area contributed by atoms with Crippen LogP contribution in [0.3, 0.4) is 0 Å². The van der Waals surface area contributed by atoms with Gasteiger partial charge in [-0.2, -0.15) is 0 Å². The van der Waals surface area contributed by atoms with Crippen molar-refractivity contribution in [3.63, 3.8) is 0 Å². The quantitative estimate of drug-likeness (QED) is 0.431. The van der Waals surface area contributed by atoms with Crippen LogP contribution in [-0.2, 0) is 11.3 Å². The summed E-state index contributed by atoms with van der Waals surface area (Å²) in [5.41, 5.74) is 2.13. The molecule has 0 atom stereocenters. The number of furan rings is 1. The molecule has 1 aromatic heterocycles. The Labute approximate surface area is 178 Å². The van der Waals surface area contributed by atoms with E-state index >= 15 is 0 Å². The van der Waals surface area contributed by atoms with E-state index in [1.54, 1.807) is 26.3 Å². The molecule has 0 saturated heterocycles. The van der Waals surface area contributed by atoms with E-state index < -0.39 is 0 Å². The Kier molecular flexibility index (Phi) is 7.90. The van der Waals surface area contributed by atoms with E-state index in [1.165, 1.54) is 31.9 Å². The second-order valence-electron chi connectivity index (χ2n) is 7.86. The maximum absolute atomic E-state index is 12.0. The molecule has 0 radical (unpaired) electrons. The molecule has 1 heterocycles. The van der Waals surface area contributed by atoms with Gasteiger partial charge in [-0.05, 0) is 54.5 Å². The first kappa shape index (κ1) is 21.9. The summed E-state index contributed by atoms with van der Waals surface area (Å²) in [7, 11) is 3.56. The molecule has 1 aromatic carbocycles. The van der Waals surface area contributed by atoms with Crippen LogP contribution in [0.2, 0.25) is 0 Å². The van der Waals surface area contributed by atoms with Crippen LogP contribution in [0.5, 0.6) is 0 Å². The first-order valence-electron chi connectivity index (χ1n) is 10.5. The molecule has 0 spiro atoms. The van der Waals surface area contributed by atoms with Gasteiger partial charge in [-0.15, -0.1) is 0 Å². The standard InChI is InChI=1S/C23H32N4O3/c1-24-22(26-17-23(13-15-29-2)11-3-4-12-23)25-16-18-7-9-19(10-8-18)27-21(28)20-6-5-14-30-20/h5-10,14H,3-4,11-13,15-17H2,1-2H3,(H,27,28)(H2,24,25,26). The Morgan fingerprint density at radius 3 is 2.57 bits per heavy atom. The minimum absolute atomic E-state index is 0.259. The number of guanidine groups is 1. The first-order valence-corrected chi connectivity index (χ1v) is 10.5. The van der Waals surface area contributed by atoms with Crippen LogP contribution >= 0.6 is 0 Å². The molecule has 1 fully saturated rings. The van der Waals surface area contributed by atoms with Gasteiger partial charge in [-0.25, -0.2) is 0 Å². The molecule has 1 amide bonds. The van der Waals surface area contributed by atoms with E-state index in [0.29, 0.717) is 17.7 Å². The zero-order chi connectivity index (χ0) is 21.2. The predicted molar refractivity (Wildman–Crippen MR) is 119 cm³/mol. The smallest absolute Gasteiger partial charge is 0.291 e. The highest BCUT2D eigenvalue weighted by Gasteiger charge is 2.33. The van der Waals surface area contributed by atoms with Gasteiger partial charge in [0.2, 0.25) is 0 Å². The average molecular weight is 413 g/mol.